The average molecular weight is 417 g/mol. The number of thiophene rings is 1. The van der Waals surface area contributed by atoms with Crippen LogP contribution < -0.4 is 10.9 Å². The van der Waals surface area contributed by atoms with Gasteiger partial charge in [0.1, 0.15) is 5.01 Å². The van der Waals surface area contributed by atoms with E-state index in [1.54, 1.807) is 6.20 Å². The van der Waals surface area contributed by atoms with Crippen molar-refractivity contribution in [1.29, 1.82) is 0 Å². The molecule has 0 fully saturated rings. The number of amides is 2. The van der Waals surface area contributed by atoms with Gasteiger partial charge in [-0.2, -0.15) is 0 Å². The second-order valence-electron chi connectivity index (χ2n) is 5.67. The third kappa shape index (κ3) is 3.87. The van der Waals surface area contributed by atoms with E-state index in [-0.39, 0.29) is 18.2 Å². The van der Waals surface area contributed by atoms with Crippen LogP contribution in [-0.4, -0.2) is 21.8 Å². The van der Waals surface area contributed by atoms with Gasteiger partial charge in [-0.05, 0) is 18.2 Å². The van der Waals surface area contributed by atoms with E-state index in [9.17, 15) is 9.59 Å². The molecule has 3 N–H and O–H groups in total. The lowest BCUT2D eigenvalue weighted by Gasteiger charge is -2.05. The van der Waals surface area contributed by atoms with Crippen LogP contribution in [0.2, 0.25) is 4.34 Å². The molecule has 2 amide bonds. The minimum absolute atomic E-state index is 0.0732. The molecule has 27 heavy (non-hydrogen) atoms. The van der Waals surface area contributed by atoms with Crippen molar-refractivity contribution in [3.05, 3.63) is 63.6 Å². The number of carbonyl (C=O) groups is 2. The number of para-hydroxylation sites is 1. The van der Waals surface area contributed by atoms with Gasteiger partial charge in [0.15, 0.2) is 0 Å². The summed E-state index contributed by atoms with van der Waals surface area (Å²) >= 11 is 8.83. The van der Waals surface area contributed by atoms with Gasteiger partial charge >= 0.3 is 0 Å². The van der Waals surface area contributed by atoms with E-state index >= 15 is 0 Å². The molecule has 9 heteroatoms. The highest BCUT2D eigenvalue weighted by Gasteiger charge is 2.14. The van der Waals surface area contributed by atoms with E-state index in [0.717, 1.165) is 20.8 Å². The highest BCUT2D eigenvalue weighted by Crippen LogP contribution is 2.32. The SMILES string of the molecule is O=C(Cc1csc(-c2ccc(Cl)s2)n1)NNC(=O)c1c[nH]c2ccccc12. The maximum absolute atomic E-state index is 12.3. The topological polar surface area (TPSA) is 86.9 Å². The van der Waals surface area contributed by atoms with Crippen molar-refractivity contribution in [2.45, 2.75) is 6.42 Å². The Morgan fingerprint density at radius 2 is 2.00 bits per heavy atom. The molecule has 4 rings (SSSR count). The third-order valence-electron chi connectivity index (χ3n) is 3.83. The summed E-state index contributed by atoms with van der Waals surface area (Å²) in [6, 6.07) is 11.2. The lowest BCUT2D eigenvalue weighted by atomic mass is 10.2. The number of aromatic amines is 1. The lowest BCUT2D eigenvalue weighted by molar-refractivity contribution is -0.121. The normalized spacial score (nSPS) is 10.9. The molecule has 0 spiro atoms. The molecular weight excluding hydrogens is 404 g/mol. The lowest BCUT2D eigenvalue weighted by Crippen LogP contribution is -2.42. The van der Waals surface area contributed by atoms with Crippen LogP contribution in [0.25, 0.3) is 20.8 Å². The first-order chi connectivity index (χ1) is 13.1. The van der Waals surface area contributed by atoms with E-state index in [2.05, 4.69) is 20.8 Å². The maximum Gasteiger partial charge on any atom is 0.271 e. The molecule has 0 atom stereocenters. The number of carbonyl (C=O) groups excluding carboxylic acids is 2. The Labute approximate surface area is 167 Å². The number of halogens is 1. The maximum atomic E-state index is 12.3. The minimum Gasteiger partial charge on any atom is -0.360 e. The summed E-state index contributed by atoms with van der Waals surface area (Å²) < 4.78 is 0.694. The van der Waals surface area contributed by atoms with Crippen LogP contribution in [0.5, 0.6) is 0 Å². The van der Waals surface area contributed by atoms with Gasteiger partial charge in [-0.3, -0.25) is 20.4 Å². The number of fused-ring (bicyclic) bond motifs is 1. The zero-order valence-corrected chi connectivity index (χ0v) is 16.2. The van der Waals surface area contributed by atoms with Gasteiger partial charge in [-0.15, -0.1) is 22.7 Å². The molecule has 3 aromatic heterocycles. The molecule has 0 unspecified atom stereocenters. The van der Waals surface area contributed by atoms with Crippen LogP contribution >= 0.6 is 34.3 Å². The Hall–Kier alpha value is -2.68. The molecule has 0 aliphatic heterocycles. The second-order valence-corrected chi connectivity index (χ2v) is 8.25. The van der Waals surface area contributed by atoms with Crippen molar-refractivity contribution in [2.24, 2.45) is 0 Å². The predicted octanol–water partition coefficient (Wildman–Crippen LogP) is 4.01. The summed E-state index contributed by atoms with van der Waals surface area (Å²) in [5, 5.41) is 3.44. The number of nitrogens with one attached hydrogen (secondary N) is 3. The first kappa shape index (κ1) is 17.7. The van der Waals surface area contributed by atoms with Gasteiger partial charge in [0, 0.05) is 22.5 Å². The van der Waals surface area contributed by atoms with Crippen molar-refractivity contribution >= 4 is 57.0 Å². The number of H-pyrrole nitrogens is 1. The van der Waals surface area contributed by atoms with Gasteiger partial charge < -0.3 is 4.98 Å². The summed E-state index contributed by atoms with van der Waals surface area (Å²) in [5.41, 5.74) is 6.84. The fraction of sp³-hybridized carbons (Fsp3) is 0.0556. The standard InChI is InChI=1S/C18H13ClN4O2S2/c19-15-6-5-14(27-15)18-21-10(9-26-18)7-16(24)22-23-17(25)12-8-20-13-4-2-1-3-11(12)13/h1-6,8-9,20H,7H2,(H,22,24)(H,23,25). The molecule has 0 aliphatic rings. The highest BCUT2D eigenvalue weighted by molar-refractivity contribution is 7.23. The summed E-state index contributed by atoms with van der Waals surface area (Å²) in [7, 11) is 0. The first-order valence-corrected chi connectivity index (χ1v) is 10.0. The quantitative estimate of drug-likeness (QED) is 0.439. The Balaban J connectivity index is 1.36. The summed E-state index contributed by atoms with van der Waals surface area (Å²) in [6.07, 6.45) is 1.69. The van der Waals surface area contributed by atoms with Crippen LogP contribution in [0.4, 0.5) is 0 Å². The van der Waals surface area contributed by atoms with E-state index < -0.39 is 0 Å². The van der Waals surface area contributed by atoms with Crippen molar-refractivity contribution in [3.8, 4) is 9.88 Å². The number of hydrogen-bond acceptors (Lipinski definition) is 5. The number of hydrazine groups is 1. The molecule has 136 valence electrons. The van der Waals surface area contributed by atoms with Crippen LogP contribution in [0.15, 0.2) is 48.0 Å². The fourth-order valence-electron chi connectivity index (χ4n) is 2.59. The molecule has 1 aromatic carbocycles. The highest BCUT2D eigenvalue weighted by atomic mass is 35.5. The molecule has 0 saturated carbocycles. The first-order valence-electron chi connectivity index (χ1n) is 7.95. The minimum atomic E-state index is -0.381. The van der Waals surface area contributed by atoms with E-state index in [1.165, 1.54) is 22.7 Å². The van der Waals surface area contributed by atoms with Crippen molar-refractivity contribution in [3.63, 3.8) is 0 Å². The Morgan fingerprint density at radius 1 is 1.15 bits per heavy atom. The zero-order chi connectivity index (χ0) is 18.8. The Morgan fingerprint density at radius 3 is 2.81 bits per heavy atom. The predicted molar refractivity (Wildman–Crippen MR) is 108 cm³/mol. The van der Waals surface area contributed by atoms with E-state index in [4.69, 9.17) is 11.6 Å². The van der Waals surface area contributed by atoms with Crippen LogP contribution in [0.3, 0.4) is 0 Å². The molecule has 0 radical (unpaired) electrons. The van der Waals surface area contributed by atoms with Crippen LogP contribution in [0.1, 0.15) is 16.1 Å². The van der Waals surface area contributed by atoms with Gasteiger partial charge in [0.25, 0.3) is 5.91 Å². The van der Waals surface area contributed by atoms with Crippen LogP contribution in [-0.2, 0) is 11.2 Å². The second kappa shape index (κ2) is 7.51. The smallest absolute Gasteiger partial charge is 0.271 e. The molecule has 0 bridgehead atoms. The molecule has 4 aromatic rings. The summed E-state index contributed by atoms with van der Waals surface area (Å²) in [5.74, 6) is -0.725. The summed E-state index contributed by atoms with van der Waals surface area (Å²) in [6.45, 7) is 0. The van der Waals surface area contributed by atoms with Gasteiger partial charge in [-0.1, -0.05) is 29.8 Å². The number of hydrogen-bond donors (Lipinski definition) is 3. The average Bonchev–Trinajstić information content (AvgIpc) is 3.39. The molecule has 6 nitrogen and oxygen atoms in total. The zero-order valence-electron chi connectivity index (χ0n) is 13.8. The van der Waals surface area contributed by atoms with Gasteiger partial charge in [0.2, 0.25) is 5.91 Å². The molecule has 0 saturated heterocycles. The number of aromatic nitrogens is 2. The monoisotopic (exact) mass is 416 g/mol. The van der Waals surface area contributed by atoms with Crippen molar-refractivity contribution in [2.75, 3.05) is 0 Å². The van der Waals surface area contributed by atoms with Crippen LogP contribution in [0, 0.1) is 0 Å². The Kier molecular flexibility index (Phi) is 4.93. The number of benzene rings is 1. The van der Waals surface area contributed by atoms with Gasteiger partial charge in [-0.25, -0.2) is 4.98 Å². The Bertz CT molecular complexity index is 1130. The molecule has 0 aliphatic carbocycles. The summed E-state index contributed by atoms with van der Waals surface area (Å²) in [4.78, 5) is 32.8. The fourth-order valence-corrected chi connectivity index (χ4v) is 4.53. The van der Waals surface area contributed by atoms with E-state index in [0.29, 0.717) is 15.6 Å². The molecular formula is C18H13ClN4O2S2. The third-order valence-corrected chi connectivity index (χ3v) is 6.12. The molecule has 3 heterocycles. The van der Waals surface area contributed by atoms with Crippen molar-refractivity contribution in [1.82, 2.24) is 20.8 Å². The van der Waals surface area contributed by atoms with Crippen molar-refractivity contribution < 1.29 is 9.59 Å². The van der Waals surface area contributed by atoms with E-state index in [1.807, 2.05) is 41.8 Å². The number of nitrogens with zero attached hydrogens (tertiary/aromatic N) is 1. The largest absolute Gasteiger partial charge is 0.360 e. The number of rotatable bonds is 4. The number of thiazole rings is 1. The van der Waals surface area contributed by atoms with Gasteiger partial charge in [0.05, 0.1) is 26.9 Å².